The van der Waals surface area contributed by atoms with Crippen molar-refractivity contribution in [1.29, 1.82) is 0 Å². The van der Waals surface area contributed by atoms with Crippen molar-refractivity contribution in [3.63, 3.8) is 0 Å². The molecule has 1 unspecified atom stereocenters. The Labute approximate surface area is 154 Å². The summed E-state index contributed by atoms with van der Waals surface area (Å²) in [5.41, 5.74) is 1.37. The molecule has 0 radical (unpaired) electrons. The minimum absolute atomic E-state index is 0.0818. The second kappa shape index (κ2) is 6.95. The van der Waals surface area contributed by atoms with Gasteiger partial charge in [-0.15, -0.1) is 0 Å². The lowest BCUT2D eigenvalue weighted by atomic mass is 10.1. The van der Waals surface area contributed by atoms with Crippen LogP contribution in [0.4, 0.5) is 5.69 Å². The van der Waals surface area contributed by atoms with Crippen molar-refractivity contribution < 1.29 is 9.59 Å². The van der Waals surface area contributed by atoms with Crippen LogP contribution in [0.5, 0.6) is 0 Å². The number of rotatable bonds is 2. The zero-order valence-electron chi connectivity index (χ0n) is 13.1. The van der Waals surface area contributed by atoms with Crippen LogP contribution in [0.2, 0.25) is 5.02 Å². The van der Waals surface area contributed by atoms with E-state index in [-0.39, 0.29) is 11.8 Å². The van der Waals surface area contributed by atoms with Crippen LogP contribution < -0.4 is 4.90 Å². The third-order valence-electron chi connectivity index (χ3n) is 4.13. The molecule has 2 amide bonds. The van der Waals surface area contributed by atoms with Crippen molar-refractivity contribution in [2.75, 3.05) is 18.0 Å². The number of amides is 2. The van der Waals surface area contributed by atoms with Gasteiger partial charge in [0.15, 0.2) is 0 Å². The number of carbonyl (C=O) groups is 2. The van der Waals surface area contributed by atoms with Crippen LogP contribution in [-0.2, 0) is 4.79 Å². The number of hydrogen-bond donors (Lipinski definition) is 0. The van der Waals surface area contributed by atoms with Gasteiger partial charge in [0, 0.05) is 33.8 Å². The molecule has 2 aromatic rings. The molecule has 4 nitrogen and oxygen atoms in total. The maximum absolute atomic E-state index is 12.7. The Hall–Kier alpha value is -1.85. The van der Waals surface area contributed by atoms with Gasteiger partial charge in [0.2, 0.25) is 5.91 Å². The van der Waals surface area contributed by atoms with Gasteiger partial charge < -0.3 is 9.80 Å². The molecule has 6 heteroatoms. The summed E-state index contributed by atoms with van der Waals surface area (Å²) in [5.74, 6) is -0.233. The van der Waals surface area contributed by atoms with Crippen molar-refractivity contribution in [2.24, 2.45) is 0 Å². The highest BCUT2D eigenvalue weighted by molar-refractivity contribution is 9.10. The molecule has 0 bridgehead atoms. The molecule has 0 spiro atoms. The van der Waals surface area contributed by atoms with E-state index in [2.05, 4.69) is 15.9 Å². The Morgan fingerprint density at radius 3 is 2.54 bits per heavy atom. The minimum atomic E-state index is -0.513. The predicted octanol–water partition coefficient (Wildman–Crippen LogP) is 3.98. The normalized spacial score (nSPS) is 18.0. The van der Waals surface area contributed by atoms with E-state index in [4.69, 9.17) is 11.6 Å². The fourth-order valence-electron chi connectivity index (χ4n) is 2.81. The van der Waals surface area contributed by atoms with Gasteiger partial charge in [-0.1, -0.05) is 33.6 Å². The summed E-state index contributed by atoms with van der Waals surface area (Å²) < 4.78 is 0.917. The first-order chi connectivity index (χ1) is 11.5. The minimum Gasteiger partial charge on any atom is -0.325 e. The first kappa shape index (κ1) is 17.0. The molecule has 1 aliphatic heterocycles. The maximum atomic E-state index is 12.7. The zero-order valence-corrected chi connectivity index (χ0v) is 15.4. The van der Waals surface area contributed by atoms with Gasteiger partial charge in [0.1, 0.15) is 6.04 Å². The summed E-state index contributed by atoms with van der Waals surface area (Å²) in [7, 11) is 0. The van der Waals surface area contributed by atoms with Crippen LogP contribution in [0, 0.1) is 0 Å². The molecule has 124 valence electrons. The van der Waals surface area contributed by atoms with E-state index < -0.39 is 6.04 Å². The van der Waals surface area contributed by atoms with Gasteiger partial charge in [-0.25, -0.2) is 0 Å². The number of halogens is 2. The van der Waals surface area contributed by atoms with Crippen LogP contribution in [0.3, 0.4) is 0 Å². The second-order valence-corrected chi connectivity index (χ2v) is 7.00. The standard InChI is InChI=1S/C18H16BrClN2O2/c1-12-17(23)22(16-4-2-3-14(19)11-16)10-9-21(12)18(24)13-5-7-15(20)8-6-13/h2-8,11-12H,9-10H2,1H3. The number of hydrogen-bond acceptors (Lipinski definition) is 2. The molecule has 1 saturated heterocycles. The summed E-state index contributed by atoms with van der Waals surface area (Å²) in [6, 6.07) is 13.8. The average molecular weight is 408 g/mol. The fourth-order valence-corrected chi connectivity index (χ4v) is 3.32. The van der Waals surface area contributed by atoms with Gasteiger partial charge in [-0.2, -0.15) is 0 Å². The average Bonchev–Trinajstić information content (AvgIpc) is 2.57. The van der Waals surface area contributed by atoms with Crippen molar-refractivity contribution in [3.8, 4) is 0 Å². The largest absolute Gasteiger partial charge is 0.325 e. The molecule has 3 rings (SSSR count). The number of anilines is 1. The highest BCUT2D eigenvalue weighted by Gasteiger charge is 2.35. The molecule has 1 fully saturated rings. The van der Waals surface area contributed by atoms with Crippen LogP contribution in [-0.4, -0.2) is 35.8 Å². The summed E-state index contributed by atoms with van der Waals surface area (Å²) in [5, 5.41) is 0.579. The highest BCUT2D eigenvalue weighted by Crippen LogP contribution is 2.24. The van der Waals surface area contributed by atoms with E-state index in [1.807, 2.05) is 24.3 Å². The zero-order chi connectivity index (χ0) is 17.3. The molecule has 24 heavy (non-hydrogen) atoms. The maximum Gasteiger partial charge on any atom is 0.254 e. The van der Waals surface area contributed by atoms with Gasteiger partial charge in [-0.3, -0.25) is 9.59 Å². The quantitative estimate of drug-likeness (QED) is 0.755. The van der Waals surface area contributed by atoms with Crippen molar-refractivity contribution >= 4 is 45.0 Å². The van der Waals surface area contributed by atoms with Crippen LogP contribution >= 0.6 is 27.5 Å². The Morgan fingerprint density at radius 2 is 1.88 bits per heavy atom. The van der Waals surface area contributed by atoms with E-state index in [1.165, 1.54) is 0 Å². The monoisotopic (exact) mass is 406 g/mol. The molecule has 1 aliphatic rings. The molecular weight excluding hydrogens is 392 g/mol. The lowest BCUT2D eigenvalue weighted by Crippen LogP contribution is -2.57. The summed E-state index contributed by atoms with van der Waals surface area (Å²) in [4.78, 5) is 28.7. The van der Waals surface area contributed by atoms with Crippen LogP contribution in [0.25, 0.3) is 0 Å². The molecule has 0 aromatic heterocycles. The lowest BCUT2D eigenvalue weighted by Gasteiger charge is -2.39. The van der Waals surface area contributed by atoms with Crippen molar-refractivity contribution in [1.82, 2.24) is 4.90 Å². The number of piperazine rings is 1. The van der Waals surface area contributed by atoms with E-state index in [0.717, 1.165) is 10.2 Å². The van der Waals surface area contributed by atoms with E-state index in [9.17, 15) is 9.59 Å². The molecule has 1 atom stereocenters. The Morgan fingerprint density at radius 1 is 1.17 bits per heavy atom. The molecule has 0 N–H and O–H groups in total. The Balaban J connectivity index is 1.79. The fraction of sp³-hybridized carbons (Fsp3) is 0.222. The first-order valence-electron chi connectivity index (χ1n) is 7.61. The Kier molecular flexibility index (Phi) is 4.92. The molecule has 0 aliphatic carbocycles. The molecule has 2 aromatic carbocycles. The SMILES string of the molecule is CC1C(=O)N(c2cccc(Br)c2)CCN1C(=O)c1ccc(Cl)cc1. The van der Waals surface area contributed by atoms with Crippen LogP contribution in [0.15, 0.2) is 53.0 Å². The third kappa shape index (κ3) is 3.32. The van der Waals surface area contributed by atoms with Gasteiger partial charge >= 0.3 is 0 Å². The smallest absolute Gasteiger partial charge is 0.254 e. The van der Waals surface area contributed by atoms with E-state index in [1.54, 1.807) is 41.0 Å². The highest BCUT2D eigenvalue weighted by atomic mass is 79.9. The number of nitrogens with zero attached hydrogens (tertiary/aromatic N) is 2. The second-order valence-electron chi connectivity index (χ2n) is 5.65. The number of benzene rings is 2. The summed E-state index contributed by atoms with van der Waals surface area (Å²) in [6.45, 7) is 2.72. The topological polar surface area (TPSA) is 40.6 Å². The summed E-state index contributed by atoms with van der Waals surface area (Å²) >= 11 is 9.29. The van der Waals surface area contributed by atoms with Crippen LogP contribution in [0.1, 0.15) is 17.3 Å². The van der Waals surface area contributed by atoms with Gasteiger partial charge in [0.05, 0.1) is 0 Å². The van der Waals surface area contributed by atoms with E-state index in [0.29, 0.717) is 23.7 Å². The molecule has 1 heterocycles. The van der Waals surface area contributed by atoms with Gasteiger partial charge in [-0.05, 0) is 49.4 Å². The van der Waals surface area contributed by atoms with Crippen molar-refractivity contribution in [2.45, 2.75) is 13.0 Å². The third-order valence-corrected chi connectivity index (χ3v) is 4.87. The van der Waals surface area contributed by atoms with Crippen molar-refractivity contribution in [3.05, 3.63) is 63.6 Å². The van der Waals surface area contributed by atoms with E-state index >= 15 is 0 Å². The predicted molar refractivity (Wildman–Crippen MR) is 98.4 cm³/mol. The number of carbonyl (C=O) groups excluding carboxylic acids is 2. The molecule has 0 saturated carbocycles. The lowest BCUT2D eigenvalue weighted by molar-refractivity contribution is -0.124. The first-order valence-corrected chi connectivity index (χ1v) is 8.78. The summed E-state index contributed by atoms with van der Waals surface area (Å²) in [6.07, 6.45) is 0. The molecular formula is C18H16BrClN2O2. The van der Waals surface area contributed by atoms with Gasteiger partial charge in [0.25, 0.3) is 5.91 Å². The Bertz CT molecular complexity index is 779.